The predicted octanol–water partition coefficient (Wildman–Crippen LogP) is 1.00. The molecule has 1 aliphatic rings. The highest BCUT2D eigenvalue weighted by atomic mass is 16.2. The smallest absolute Gasteiger partial charge is 0.244 e. The Kier molecular flexibility index (Phi) is 6.46. The van der Waals surface area contributed by atoms with E-state index in [4.69, 9.17) is 0 Å². The van der Waals surface area contributed by atoms with Crippen molar-refractivity contribution in [2.75, 3.05) is 33.2 Å². The Morgan fingerprint density at radius 2 is 1.93 bits per heavy atom. The standard InChI is InChI=1S/C21H29N5O2/c1-16-13-17(2)26(23-16)15-20(27)25-12-11-24(19(14-25)21(28)22-3)10-9-18-7-5-4-6-8-18/h4-8,13,19H,9-12,14-15H2,1-3H3,(H,22,28)/t19-/m1/s1. The molecule has 1 aromatic heterocycles. The summed E-state index contributed by atoms with van der Waals surface area (Å²) < 4.78 is 1.73. The van der Waals surface area contributed by atoms with Crippen LogP contribution in [0.25, 0.3) is 0 Å². The number of amides is 2. The summed E-state index contributed by atoms with van der Waals surface area (Å²) in [7, 11) is 1.65. The van der Waals surface area contributed by atoms with Crippen LogP contribution >= 0.6 is 0 Å². The first-order chi connectivity index (χ1) is 13.5. The first-order valence-corrected chi connectivity index (χ1v) is 9.76. The Morgan fingerprint density at radius 1 is 1.18 bits per heavy atom. The van der Waals surface area contributed by atoms with Crippen LogP contribution in [0.5, 0.6) is 0 Å². The average molecular weight is 383 g/mol. The van der Waals surface area contributed by atoms with Crippen LogP contribution in [-0.2, 0) is 22.6 Å². The van der Waals surface area contributed by atoms with Crippen LogP contribution < -0.4 is 5.32 Å². The van der Waals surface area contributed by atoms with Gasteiger partial charge in [0.1, 0.15) is 12.6 Å². The van der Waals surface area contributed by atoms with E-state index in [-0.39, 0.29) is 24.4 Å². The molecule has 1 aromatic carbocycles. The molecule has 0 spiro atoms. The van der Waals surface area contributed by atoms with E-state index in [1.165, 1.54) is 5.56 Å². The highest BCUT2D eigenvalue weighted by molar-refractivity contribution is 5.83. The molecule has 1 N–H and O–H groups in total. The monoisotopic (exact) mass is 383 g/mol. The number of hydrogen-bond donors (Lipinski definition) is 1. The van der Waals surface area contributed by atoms with Gasteiger partial charge < -0.3 is 10.2 Å². The quantitative estimate of drug-likeness (QED) is 0.808. The fourth-order valence-electron chi connectivity index (χ4n) is 3.71. The van der Waals surface area contributed by atoms with E-state index >= 15 is 0 Å². The van der Waals surface area contributed by atoms with Gasteiger partial charge >= 0.3 is 0 Å². The van der Waals surface area contributed by atoms with E-state index in [0.29, 0.717) is 19.6 Å². The molecule has 0 bridgehead atoms. The lowest BCUT2D eigenvalue weighted by atomic mass is 10.1. The fraction of sp³-hybridized carbons (Fsp3) is 0.476. The Bertz CT molecular complexity index is 817. The van der Waals surface area contributed by atoms with E-state index in [0.717, 1.165) is 24.4 Å². The maximum atomic E-state index is 12.8. The third-order valence-corrected chi connectivity index (χ3v) is 5.31. The Hall–Kier alpha value is -2.67. The SMILES string of the molecule is CNC(=O)[C@H]1CN(C(=O)Cn2nc(C)cc2C)CCN1CCc1ccccc1. The number of carbonyl (C=O) groups is 2. The van der Waals surface area contributed by atoms with Crippen molar-refractivity contribution >= 4 is 11.8 Å². The summed E-state index contributed by atoms with van der Waals surface area (Å²) >= 11 is 0. The lowest BCUT2D eigenvalue weighted by molar-refractivity contribution is -0.138. The number of aryl methyl sites for hydroxylation is 2. The number of carbonyl (C=O) groups excluding carboxylic acids is 2. The molecule has 0 aliphatic carbocycles. The van der Waals surface area contributed by atoms with E-state index < -0.39 is 0 Å². The Morgan fingerprint density at radius 3 is 2.57 bits per heavy atom. The molecule has 1 aliphatic heterocycles. The van der Waals surface area contributed by atoms with Crippen molar-refractivity contribution in [1.82, 2.24) is 24.9 Å². The van der Waals surface area contributed by atoms with Gasteiger partial charge in [-0.1, -0.05) is 30.3 Å². The number of piperazine rings is 1. The Labute approximate surface area is 166 Å². The maximum absolute atomic E-state index is 12.8. The van der Waals surface area contributed by atoms with Gasteiger partial charge in [-0.05, 0) is 31.9 Å². The van der Waals surface area contributed by atoms with Crippen LogP contribution in [0.4, 0.5) is 0 Å². The molecule has 7 heteroatoms. The number of aromatic nitrogens is 2. The van der Waals surface area contributed by atoms with Gasteiger partial charge in [-0.25, -0.2) is 0 Å². The van der Waals surface area contributed by atoms with Crippen molar-refractivity contribution in [3.05, 3.63) is 53.3 Å². The van der Waals surface area contributed by atoms with Crippen LogP contribution in [-0.4, -0.2) is 70.7 Å². The second-order valence-electron chi connectivity index (χ2n) is 7.33. The summed E-state index contributed by atoms with van der Waals surface area (Å²) in [5.41, 5.74) is 3.12. The Balaban J connectivity index is 1.63. The minimum absolute atomic E-state index is 0.00260. The molecule has 1 saturated heterocycles. The van der Waals surface area contributed by atoms with Crippen LogP contribution in [0, 0.1) is 13.8 Å². The van der Waals surface area contributed by atoms with Crippen LogP contribution in [0.1, 0.15) is 17.0 Å². The summed E-state index contributed by atoms with van der Waals surface area (Å²) in [5.74, 6) is -0.0421. The summed E-state index contributed by atoms with van der Waals surface area (Å²) in [6.45, 7) is 6.59. The van der Waals surface area contributed by atoms with E-state index in [1.807, 2.05) is 38.1 Å². The molecule has 1 atom stereocenters. The summed E-state index contributed by atoms with van der Waals surface area (Å²) in [6, 6.07) is 11.9. The third kappa shape index (κ3) is 4.78. The topological polar surface area (TPSA) is 70.5 Å². The number of likely N-dealkylation sites (N-methyl/N-ethyl adjacent to an activating group) is 1. The molecule has 0 radical (unpaired) electrons. The van der Waals surface area contributed by atoms with Crippen LogP contribution in [0.15, 0.2) is 36.4 Å². The molecule has 28 heavy (non-hydrogen) atoms. The molecular weight excluding hydrogens is 354 g/mol. The number of rotatable bonds is 6. The molecular formula is C21H29N5O2. The highest BCUT2D eigenvalue weighted by Gasteiger charge is 2.33. The first-order valence-electron chi connectivity index (χ1n) is 9.76. The second-order valence-corrected chi connectivity index (χ2v) is 7.33. The lowest BCUT2D eigenvalue weighted by Crippen LogP contribution is -2.60. The number of hydrogen-bond acceptors (Lipinski definition) is 4. The number of benzene rings is 1. The van der Waals surface area contributed by atoms with Gasteiger partial charge in [0.15, 0.2) is 0 Å². The molecule has 3 rings (SSSR count). The van der Waals surface area contributed by atoms with Gasteiger partial charge in [0.05, 0.1) is 5.69 Å². The number of nitrogens with zero attached hydrogens (tertiary/aromatic N) is 4. The highest BCUT2D eigenvalue weighted by Crippen LogP contribution is 2.13. The van der Waals surface area contributed by atoms with Crippen molar-refractivity contribution in [3.8, 4) is 0 Å². The molecule has 2 aromatic rings. The van der Waals surface area contributed by atoms with E-state index in [2.05, 4.69) is 27.4 Å². The lowest BCUT2D eigenvalue weighted by Gasteiger charge is -2.40. The van der Waals surface area contributed by atoms with Gasteiger partial charge in [0.25, 0.3) is 0 Å². The largest absolute Gasteiger partial charge is 0.358 e. The van der Waals surface area contributed by atoms with Gasteiger partial charge in [0.2, 0.25) is 11.8 Å². The molecule has 150 valence electrons. The fourth-order valence-corrected chi connectivity index (χ4v) is 3.71. The van der Waals surface area contributed by atoms with E-state index in [9.17, 15) is 9.59 Å². The summed E-state index contributed by atoms with van der Waals surface area (Å²) in [5, 5.41) is 7.12. The second kappa shape index (κ2) is 9.01. The summed E-state index contributed by atoms with van der Waals surface area (Å²) in [4.78, 5) is 29.2. The minimum atomic E-state index is -0.327. The zero-order valence-electron chi connectivity index (χ0n) is 16.9. The zero-order chi connectivity index (χ0) is 20.1. The van der Waals surface area contributed by atoms with Crippen LogP contribution in [0.3, 0.4) is 0 Å². The van der Waals surface area contributed by atoms with Crippen molar-refractivity contribution in [2.45, 2.75) is 32.9 Å². The van der Waals surface area contributed by atoms with Crippen molar-refractivity contribution in [1.29, 1.82) is 0 Å². The molecule has 0 unspecified atom stereocenters. The maximum Gasteiger partial charge on any atom is 0.244 e. The number of nitrogens with one attached hydrogen (secondary N) is 1. The van der Waals surface area contributed by atoms with Gasteiger partial charge in [0, 0.05) is 38.9 Å². The molecule has 7 nitrogen and oxygen atoms in total. The normalized spacial score (nSPS) is 17.5. The molecule has 1 fully saturated rings. The third-order valence-electron chi connectivity index (χ3n) is 5.31. The average Bonchev–Trinajstić information content (AvgIpc) is 3.03. The van der Waals surface area contributed by atoms with Crippen molar-refractivity contribution in [2.24, 2.45) is 0 Å². The molecule has 2 heterocycles. The van der Waals surface area contributed by atoms with Crippen molar-refractivity contribution in [3.63, 3.8) is 0 Å². The first kappa shape index (κ1) is 20.1. The van der Waals surface area contributed by atoms with Gasteiger partial charge in [-0.3, -0.25) is 19.2 Å². The minimum Gasteiger partial charge on any atom is -0.358 e. The summed E-state index contributed by atoms with van der Waals surface area (Å²) in [6.07, 6.45) is 0.883. The van der Waals surface area contributed by atoms with E-state index in [1.54, 1.807) is 16.6 Å². The predicted molar refractivity (Wildman–Crippen MR) is 108 cm³/mol. The van der Waals surface area contributed by atoms with Gasteiger partial charge in [-0.2, -0.15) is 5.10 Å². The van der Waals surface area contributed by atoms with Crippen LogP contribution in [0.2, 0.25) is 0 Å². The zero-order valence-corrected chi connectivity index (χ0v) is 16.9. The molecule has 2 amide bonds. The van der Waals surface area contributed by atoms with Crippen molar-refractivity contribution < 1.29 is 9.59 Å². The van der Waals surface area contributed by atoms with Gasteiger partial charge in [-0.15, -0.1) is 0 Å². The molecule has 0 saturated carbocycles.